The lowest BCUT2D eigenvalue weighted by Crippen LogP contribution is -2.52. The molecule has 10 heteroatoms. The van der Waals surface area contributed by atoms with Crippen molar-refractivity contribution >= 4 is 50.7 Å². The number of nitrogens with zero attached hydrogens (tertiary/aromatic N) is 2. The number of rotatable bonds is 13. The Bertz CT molecular complexity index is 1510. The maximum absolute atomic E-state index is 14.0. The molecule has 1 unspecified atom stereocenters. The van der Waals surface area contributed by atoms with Crippen molar-refractivity contribution in [2.45, 2.75) is 70.5 Å². The molecule has 0 aliphatic heterocycles. The van der Waals surface area contributed by atoms with Gasteiger partial charge in [-0.1, -0.05) is 84.6 Å². The van der Waals surface area contributed by atoms with Gasteiger partial charge in [-0.05, 0) is 67.1 Å². The van der Waals surface area contributed by atoms with Crippen molar-refractivity contribution in [3.8, 4) is 0 Å². The highest BCUT2D eigenvalue weighted by Crippen LogP contribution is 2.26. The SMILES string of the molecule is Cc1cccc(N(CCCC(=O)N(Cc2ccc(Cl)cc2Cl)C(Cc2ccccc2)C(=O)NC2CCCC2)S(C)(=O)=O)c1. The van der Waals surface area contributed by atoms with E-state index < -0.39 is 16.1 Å². The molecule has 0 aromatic heterocycles. The number of aryl methyl sites for hydroxylation is 1. The van der Waals surface area contributed by atoms with E-state index in [9.17, 15) is 18.0 Å². The number of halogens is 2. The fourth-order valence-electron chi connectivity index (χ4n) is 5.54. The number of nitrogens with one attached hydrogen (secondary N) is 1. The van der Waals surface area contributed by atoms with E-state index in [1.165, 1.54) is 4.31 Å². The number of benzene rings is 3. The Morgan fingerprint density at radius 1 is 0.977 bits per heavy atom. The van der Waals surface area contributed by atoms with Gasteiger partial charge in [-0.2, -0.15) is 0 Å². The molecule has 1 aliphatic carbocycles. The Kier molecular flexibility index (Phi) is 11.5. The molecule has 4 rings (SSSR count). The van der Waals surface area contributed by atoms with Crippen LogP contribution in [0.1, 0.15) is 55.2 Å². The maximum atomic E-state index is 14.0. The van der Waals surface area contributed by atoms with Crippen LogP contribution in [0.5, 0.6) is 0 Å². The molecule has 0 spiro atoms. The minimum atomic E-state index is -3.58. The zero-order valence-electron chi connectivity index (χ0n) is 24.6. The number of hydrogen-bond donors (Lipinski definition) is 1. The first kappa shape index (κ1) is 32.8. The Hall–Kier alpha value is -3.07. The summed E-state index contributed by atoms with van der Waals surface area (Å²) in [6.07, 6.45) is 5.77. The average Bonchev–Trinajstić information content (AvgIpc) is 3.47. The highest BCUT2D eigenvalue weighted by molar-refractivity contribution is 7.92. The summed E-state index contributed by atoms with van der Waals surface area (Å²) in [5.74, 6) is -0.460. The van der Waals surface area contributed by atoms with E-state index in [-0.39, 0.29) is 43.8 Å². The van der Waals surface area contributed by atoms with Crippen LogP contribution >= 0.6 is 23.2 Å². The van der Waals surface area contributed by atoms with Crippen LogP contribution in [-0.2, 0) is 32.6 Å². The highest BCUT2D eigenvalue weighted by Gasteiger charge is 2.32. The quantitative estimate of drug-likeness (QED) is 0.229. The van der Waals surface area contributed by atoms with E-state index in [1.54, 1.807) is 35.2 Å². The Morgan fingerprint density at radius 3 is 2.35 bits per heavy atom. The van der Waals surface area contributed by atoms with Gasteiger partial charge in [0.2, 0.25) is 21.8 Å². The molecule has 7 nitrogen and oxygen atoms in total. The van der Waals surface area contributed by atoms with Gasteiger partial charge in [-0.25, -0.2) is 8.42 Å². The first-order chi connectivity index (χ1) is 20.5. The third-order valence-corrected chi connectivity index (χ3v) is 9.55. The predicted octanol–water partition coefficient (Wildman–Crippen LogP) is 6.55. The van der Waals surface area contributed by atoms with Crippen molar-refractivity contribution in [3.05, 3.63) is 99.5 Å². The second kappa shape index (κ2) is 15.1. The molecule has 3 aromatic rings. The summed E-state index contributed by atoms with van der Waals surface area (Å²) in [5, 5.41) is 4.07. The summed E-state index contributed by atoms with van der Waals surface area (Å²) in [6.45, 7) is 2.13. The van der Waals surface area contributed by atoms with Gasteiger partial charge in [-0.3, -0.25) is 13.9 Å². The lowest BCUT2D eigenvalue weighted by atomic mass is 10.0. The molecule has 3 aromatic carbocycles. The molecule has 1 saturated carbocycles. The first-order valence-corrected chi connectivity index (χ1v) is 17.2. The standard InChI is InChI=1S/C33H39Cl2N3O4S/c1-24-10-8-15-29(20-24)38(43(2,41)42)19-9-16-32(39)37(23-26-17-18-27(34)22-30(26)35)31(21-25-11-4-3-5-12-25)33(40)36-28-13-6-7-14-28/h3-5,8,10-12,15,17-18,20,22,28,31H,6-7,9,13-14,16,19,21,23H2,1-2H3,(H,36,40). The highest BCUT2D eigenvalue weighted by atomic mass is 35.5. The molecule has 1 atom stereocenters. The van der Waals surface area contributed by atoms with Gasteiger partial charge in [0, 0.05) is 42.0 Å². The number of amides is 2. The van der Waals surface area contributed by atoms with Crippen molar-refractivity contribution in [2.24, 2.45) is 0 Å². The van der Waals surface area contributed by atoms with Crippen molar-refractivity contribution in [2.75, 3.05) is 17.1 Å². The lowest BCUT2D eigenvalue weighted by molar-refractivity contribution is -0.141. The second-order valence-electron chi connectivity index (χ2n) is 11.2. The molecule has 0 saturated heterocycles. The van der Waals surface area contributed by atoms with Crippen LogP contribution in [0, 0.1) is 6.92 Å². The zero-order chi connectivity index (χ0) is 31.0. The molecule has 0 radical (unpaired) electrons. The van der Waals surface area contributed by atoms with Gasteiger partial charge in [0.1, 0.15) is 6.04 Å². The molecular formula is C33H39Cl2N3O4S. The number of anilines is 1. The van der Waals surface area contributed by atoms with Crippen molar-refractivity contribution in [1.29, 1.82) is 0 Å². The zero-order valence-corrected chi connectivity index (χ0v) is 27.0. The monoisotopic (exact) mass is 643 g/mol. The van der Waals surface area contributed by atoms with E-state index in [2.05, 4.69) is 5.32 Å². The van der Waals surface area contributed by atoms with Gasteiger partial charge >= 0.3 is 0 Å². The molecule has 0 bridgehead atoms. The third kappa shape index (κ3) is 9.46. The largest absolute Gasteiger partial charge is 0.352 e. The van der Waals surface area contributed by atoms with E-state index >= 15 is 0 Å². The minimum Gasteiger partial charge on any atom is -0.352 e. The van der Waals surface area contributed by atoms with Gasteiger partial charge in [0.15, 0.2) is 0 Å². The number of carbonyl (C=O) groups excluding carboxylic acids is 2. The topological polar surface area (TPSA) is 86.8 Å². The third-order valence-electron chi connectivity index (χ3n) is 7.77. The summed E-state index contributed by atoms with van der Waals surface area (Å²) in [5.41, 5.74) is 3.09. The second-order valence-corrected chi connectivity index (χ2v) is 14.0. The van der Waals surface area contributed by atoms with Gasteiger partial charge in [0.25, 0.3) is 0 Å². The molecule has 2 amide bonds. The van der Waals surface area contributed by atoms with Crippen molar-refractivity contribution in [1.82, 2.24) is 10.2 Å². The molecule has 43 heavy (non-hydrogen) atoms. The Morgan fingerprint density at radius 2 is 1.70 bits per heavy atom. The Labute approximate surface area is 265 Å². The smallest absolute Gasteiger partial charge is 0.243 e. The molecule has 0 heterocycles. The van der Waals surface area contributed by atoms with E-state index in [0.29, 0.717) is 27.7 Å². The van der Waals surface area contributed by atoms with Crippen LogP contribution < -0.4 is 9.62 Å². The van der Waals surface area contributed by atoms with Gasteiger partial charge in [0.05, 0.1) is 11.9 Å². The van der Waals surface area contributed by atoms with Crippen molar-refractivity contribution < 1.29 is 18.0 Å². The first-order valence-electron chi connectivity index (χ1n) is 14.6. The van der Waals surface area contributed by atoms with Gasteiger partial charge in [-0.15, -0.1) is 0 Å². The summed E-state index contributed by atoms with van der Waals surface area (Å²) in [7, 11) is -3.58. The number of carbonyl (C=O) groups is 2. The minimum absolute atomic E-state index is 0.0467. The summed E-state index contributed by atoms with van der Waals surface area (Å²) >= 11 is 12.7. The van der Waals surface area contributed by atoms with E-state index in [4.69, 9.17) is 23.2 Å². The number of sulfonamides is 1. The van der Waals surface area contributed by atoms with Crippen LogP contribution in [0.25, 0.3) is 0 Å². The maximum Gasteiger partial charge on any atom is 0.243 e. The average molecular weight is 645 g/mol. The molecule has 1 N–H and O–H groups in total. The van der Waals surface area contributed by atoms with Crippen LogP contribution in [0.3, 0.4) is 0 Å². The summed E-state index contributed by atoms with van der Waals surface area (Å²) < 4.78 is 26.7. The van der Waals surface area contributed by atoms with E-state index in [0.717, 1.165) is 43.1 Å². The summed E-state index contributed by atoms with van der Waals surface area (Å²) in [6, 6.07) is 21.3. The van der Waals surface area contributed by atoms with Crippen LogP contribution in [0.15, 0.2) is 72.8 Å². The van der Waals surface area contributed by atoms with Crippen LogP contribution in [0.2, 0.25) is 10.0 Å². The molecule has 1 fully saturated rings. The number of hydrogen-bond acceptors (Lipinski definition) is 4. The molecule has 230 valence electrons. The van der Waals surface area contributed by atoms with Crippen LogP contribution in [-0.4, -0.2) is 50.0 Å². The molecular weight excluding hydrogens is 605 g/mol. The van der Waals surface area contributed by atoms with Crippen LogP contribution in [0.4, 0.5) is 5.69 Å². The lowest BCUT2D eigenvalue weighted by Gasteiger charge is -2.33. The predicted molar refractivity (Wildman–Crippen MR) is 174 cm³/mol. The fourth-order valence-corrected chi connectivity index (χ4v) is 6.97. The fraction of sp³-hybridized carbons (Fsp3) is 0.394. The van der Waals surface area contributed by atoms with E-state index in [1.807, 2.05) is 49.4 Å². The normalized spacial score (nSPS) is 14.3. The Balaban J connectivity index is 1.61. The summed E-state index contributed by atoms with van der Waals surface area (Å²) in [4.78, 5) is 29.5. The van der Waals surface area contributed by atoms with Gasteiger partial charge < -0.3 is 10.2 Å². The molecule has 1 aliphatic rings. The van der Waals surface area contributed by atoms with Crippen molar-refractivity contribution in [3.63, 3.8) is 0 Å².